The summed E-state index contributed by atoms with van der Waals surface area (Å²) in [5.74, 6) is -0.0830. The maximum atomic E-state index is 12.7. The summed E-state index contributed by atoms with van der Waals surface area (Å²) in [6, 6.07) is 3.05. The lowest BCUT2D eigenvalue weighted by Gasteiger charge is -2.10. The van der Waals surface area contributed by atoms with Crippen LogP contribution in [0.15, 0.2) is 6.07 Å². The fourth-order valence-electron chi connectivity index (χ4n) is 1.21. The standard InChI is InChI=1S/C9H6Cl2F2N2/c10-4-5-3-7(11)15-6(1-2-14)8(5)9(12)13/h3,9H,1,4H2. The molecule has 1 aromatic rings. The summed E-state index contributed by atoms with van der Waals surface area (Å²) in [5.41, 5.74) is -0.0662. The second-order valence-electron chi connectivity index (χ2n) is 2.73. The fraction of sp³-hybridized carbons (Fsp3) is 0.333. The molecule has 2 nitrogen and oxygen atoms in total. The maximum Gasteiger partial charge on any atom is 0.265 e. The molecule has 0 unspecified atom stereocenters. The molecule has 15 heavy (non-hydrogen) atoms. The van der Waals surface area contributed by atoms with Gasteiger partial charge in [0.1, 0.15) is 5.15 Å². The Labute approximate surface area is 95.4 Å². The number of rotatable bonds is 3. The summed E-state index contributed by atoms with van der Waals surface area (Å²) in [6.45, 7) is 0. The van der Waals surface area contributed by atoms with Gasteiger partial charge in [-0.1, -0.05) is 11.6 Å². The van der Waals surface area contributed by atoms with Crippen molar-refractivity contribution in [3.8, 4) is 6.07 Å². The molecule has 0 fully saturated rings. The molecule has 1 heterocycles. The third-order valence-electron chi connectivity index (χ3n) is 1.80. The average Bonchev–Trinajstić information content (AvgIpc) is 2.16. The molecule has 1 aromatic heterocycles. The molecule has 0 spiro atoms. The lowest BCUT2D eigenvalue weighted by atomic mass is 10.1. The Balaban J connectivity index is 3.34. The molecule has 80 valence electrons. The molecule has 0 bridgehead atoms. The van der Waals surface area contributed by atoms with E-state index in [0.29, 0.717) is 0 Å². The fourth-order valence-corrected chi connectivity index (χ4v) is 1.67. The van der Waals surface area contributed by atoms with E-state index in [2.05, 4.69) is 4.98 Å². The van der Waals surface area contributed by atoms with E-state index in [0.717, 1.165) is 0 Å². The SMILES string of the molecule is N#CCc1nc(Cl)cc(CCl)c1C(F)F. The molecule has 0 aromatic carbocycles. The molecular formula is C9H6Cl2F2N2. The second-order valence-corrected chi connectivity index (χ2v) is 3.39. The van der Waals surface area contributed by atoms with Crippen molar-refractivity contribution in [2.45, 2.75) is 18.7 Å². The highest BCUT2D eigenvalue weighted by Gasteiger charge is 2.19. The van der Waals surface area contributed by atoms with Crippen molar-refractivity contribution in [2.24, 2.45) is 0 Å². The van der Waals surface area contributed by atoms with Crippen LogP contribution < -0.4 is 0 Å². The molecule has 1 rings (SSSR count). The lowest BCUT2D eigenvalue weighted by Crippen LogP contribution is -2.03. The minimum absolute atomic E-state index is 0.00403. The first-order chi connectivity index (χ1) is 7.10. The summed E-state index contributed by atoms with van der Waals surface area (Å²) in [7, 11) is 0. The summed E-state index contributed by atoms with van der Waals surface area (Å²) in [5, 5.41) is 8.54. The second kappa shape index (κ2) is 5.24. The van der Waals surface area contributed by atoms with Gasteiger partial charge in [-0.05, 0) is 11.6 Å². The first kappa shape index (κ1) is 12.2. The van der Waals surface area contributed by atoms with Crippen molar-refractivity contribution in [1.29, 1.82) is 5.26 Å². The number of halogens is 4. The van der Waals surface area contributed by atoms with Gasteiger partial charge in [-0.15, -0.1) is 11.6 Å². The summed E-state index contributed by atoms with van der Waals surface area (Å²) in [4.78, 5) is 3.70. The van der Waals surface area contributed by atoms with Gasteiger partial charge < -0.3 is 0 Å². The monoisotopic (exact) mass is 250 g/mol. The number of nitriles is 1. The smallest absolute Gasteiger partial charge is 0.240 e. The van der Waals surface area contributed by atoms with Crippen LogP contribution in [0.1, 0.15) is 23.2 Å². The summed E-state index contributed by atoms with van der Waals surface area (Å²) < 4.78 is 25.4. The molecule has 0 N–H and O–H groups in total. The van der Waals surface area contributed by atoms with Crippen LogP contribution in [0, 0.1) is 11.3 Å². The minimum Gasteiger partial charge on any atom is -0.240 e. The molecule has 0 amide bonds. The maximum absolute atomic E-state index is 12.7. The van der Waals surface area contributed by atoms with Crippen molar-refractivity contribution >= 4 is 23.2 Å². The van der Waals surface area contributed by atoms with E-state index in [1.807, 2.05) is 0 Å². The number of nitrogens with zero attached hydrogens (tertiary/aromatic N) is 2. The molecule has 0 saturated carbocycles. The Morgan fingerprint density at radius 1 is 1.53 bits per heavy atom. The molecule has 0 saturated heterocycles. The van der Waals surface area contributed by atoms with Gasteiger partial charge >= 0.3 is 0 Å². The molecule has 0 radical (unpaired) electrons. The van der Waals surface area contributed by atoms with Gasteiger partial charge in [-0.3, -0.25) is 0 Å². The minimum atomic E-state index is -2.70. The average molecular weight is 251 g/mol. The van der Waals surface area contributed by atoms with Crippen LogP contribution in [0.25, 0.3) is 0 Å². The Morgan fingerprint density at radius 3 is 2.67 bits per heavy atom. The van der Waals surface area contributed by atoms with Crippen molar-refractivity contribution in [3.63, 3.8) is 0 Å². The van der Waals surface area contributed by atoms with Crippen molar-refractivity contribution < 1.29 is 8.78 Å². The largest absolute Gasteiger partial charge is 0.265 e. The molecule has 0 atom stereocenters. The Kier molecular flexibility index (Phi) is 4.25. The van der Waals surface area contributed by atoms with E-state index in [-0.39, 0.29) is 34.3 Å². The molecule has 0 aliphatic rings. The van der Waals surface area contributed by atoms with E-state index >= 15 is 0 Å². The van der Waals surface area contributed by atoms with Gasteiger partial charge in [0.25, 0.3) is 6.43 Å². The van der Waals surface area contributed by atoms with Gasteiger partial charge in [0.15, 0.2) is 0 Å². The van der Waals surface area contributed by atoms with Crippen molar-refractivity contribution in [1.82, 2.24) is 4.98 Å². The van der Waals surface area contributed by atoms with E-state index in [9.17, 15) is 8.78 Å². The van der Waals surface area contributed by atoms with Crippen molar-refractivity contribution in [3.05, 3.63) is 28.0 Å². The summed E-state index contributed by atoms with van der Waals surface area (Å²) >= 11 is 11.1. The van der Waals surface area contributed by atoms with Gasteiger partial charge in [-0.2, -0.15) is 5.26 Å². The normalized spacial score (nSPS) is 10.4. The predicted molar refractivity (Wildman–Crippen MR) is 53.1 cm³/mol. The van der Waals surface area contributed by atoms with Crippen LogP contribution >= 0.6 is 23.2 Å². The first-order valence-electron chi connectivity index (χ1n) is 3.99. The number of hydrogen-bond donors (Lipinski definition) is 0. The van der Waals surface area contributed by atoms with Crippen molar-refractivity contribution in [2.75, 3.05) is 0 Å². The zero-order valence-electron chi connectivity index (χ0n) is 7.48. The summed E-state index contributed by atoms with van der Waals surface area (Å²) in [6.07, 6.45) is -2.91. The lowest BCUT2D eigenvalue weighted by molar-refractivity contribution is 0.149. The highest BCUT2D eigenvalue weighted by molar-refractivity contribution is 6.29. The quantitative estimate of drug-likeness (QED) is 0.609. The molecule has 6 heteroatoms. The first-order valence-corrected chi connectivity index (χ1v) is 4.90. The van der Waals surface area contributed by atoms with Crippen LogP contribution in [-0.2, 0) is 12.3 Å². The van der Waals surface area contributed by atoms with Crippen LogP contribution in [-0.4, -0.2) is 4.98 Å². The third-order valence-corrected chi connectivity index (χ3v) is 2.28. The van der Waals surface area contributed by atoms with Gasteiger partial charge in [0, 0.05) is 11.4 Å². The highest BCUT2D eigenvalue weighted by Crippen LogP contribution is 2.29. The number of pyridine rings is 1. The van der Waals surface area contributed by atoms with Crippen LogP contribution in [0.3, 0.4) is 0 Å². The van der Waals surface area contributed by atoms with E-state index in [1.165, 1.54) is 6.07 Å². The Hall–Kier alpha value is -0.920. The zero-order valence-corrected chi connectivity index (χ0v) is 8.99. The molecule has 0 aliphatic carbocycles. The molecule has 0 aliphatic heterocycles. The zero-order chi connectivity index (χ0) is 11.4. The highest BCUT2D eigenvalue weighted by atomic mass is 35.5. The Bertz CT molecular complexity index is 402. The molecular weight excluding hydrogens is 245 g/mol. The van der Waals surface area contributed by atoms with Gasteiger partial charge in [-0.25, -0.2) is 13.8 Å². The Morgan fingerprint density at radius 2 is 2.20 bits per heavy atom. The van der Waals surface area contributed by atoms with Gasteiger partial charge in [0.2, 0.25) is 0 Å². The number of hydrogen-bond acceptors (Lipinski definition) is 2. The topological polar surface area (TPSA) is 36.7 Å². The van der Waals surface area contributed by atoms with E-state index < -0.39 is 6.43 Å². The van der Waals surface area contributed by atoms with Crippen LogP contribution in [0.5, 0.6) is 0 Å². The number of alkyl halides is 3. The predicted octanol–water partition coefficient (Wildman–Crippen LogP) is 3.48. The number of aromatic nitrogens is 1. The van der Waals surface area contributed by atoms with E-state index in [1.54, 1.807) is 6.07 Å². The van der Waals surface area contributed by atoms with E-state index in [4.69, 9.17) is 28.5 Å². The van der Waals surface area contributed by atoms with Crippen LogP contribution in [0.4, 0.5) is 8.78 Å². The van der Waals surface area contributed by atoms with Gasteiger partial charge in [0.05, 0.1) is 18.2 Å². The van der Waals surface area contributed by atoms with Crippen LogP contribution in [0.2, 0.25) is 5.15 Å². The third kappa shape index (κ3) is 2.77.